The maximum Gasteiger partial charge on any atom is 0.257 e. The summed E-state index contributed by atoms with van der Waals surface area (Å²) in [6, 6.07) is 9.27. The van der Waals surface area contributed by atoms with E-state index in [0.29, 0.717) is 23.9 Å². The highest BCUT2D eigenvalue weighted by molar-refractivity contribution is 8.13. The highest BCUT2D eigenvalue weighted by atomic mass is 32.2. The molecule has 2 aliphatic heterocycles. The van der Waals surface area contributed by atoms with Gasteiger partial charge < -0.3 is 16.0 Å². The Labute approximate surface area is 164 Å². The second kappa shape index (κ2) is 7.54. The molecule has 3 aliphatic rings. The fourth-order valence-corrected chi connectivity index (χ4v) is 5.96. The molecule has 1 saturated carbocycles. The van der Waals surface area contributed by atoms with Crippen molar-refractivity contribution in [2.24, 2.45) is 22.6 Å². The van der Waals surface area contributed by atoms with Crippen molar-refractivity contribution in [3.05, 3.63) is 35.9 Å². The number of carbonyl (C=O) groups is 1. The summed E-state index contributed by atoms with van der Waals surface area (Å²) in [5.41, 5.74) is 6.24. The van der Waals surface area contributed by atoms with Crippen molar-refractivity contribution < 1.29 is 4.79 Å². The van der Waals surface area contributed by atoms with Crippen LogP contribution in [0.15, 0.2) is 35.3 Å². The first-order chi connectivity index (χ1) is 13.1. The number of nitrogens with two attached hydrogens (primary N) is 1. The number of amides is 1. The number of hydrogen-bond donors (Lipinski definition) is 3. The quantitative estimate of drug-likeness (QED) is 0.539. The van der Waals surface area contributed by atoms with Crippen LogP contribution >= 0.6 is 11.8 Å². The van der Waals surface area contributed by atoms with E-state index < -0.39 is 0 Å². The molecule has 0 unspecified atom stereocenters. The third-order valence-electron chi connectivity index (χ3n) is 6.23. The number of fused-ring (bicyclic) bond motifs is 1. The topological polar surface area (TPSA) is 94.6 Å². The Bertz CT molecular complexity index is 746. The van der Waals surface area contributed by atoms with Gasteiger partial charge in [0.05, 0.1) is 5.54 Å². The van der Waals surface area contributed by atoms with Gasteiger partial charge in [0.1, 0.15) is 0 Å². The first-order valence-corrected chi connectivity index (χ1v) is 10.7. The summed E-state index contributed by atoms with van der Waals surface area (Å²) in [4.78, 5) is 19.7. The number of amidine groups is 1. The summed E-state index contributed by atoms with van der Waals surface area (Å²) in [6.45, 7) is 1.49. The maximum absolute atomic E-state index is 12.6. The molecular formula is C20H27N5OS. The zero-order valence-corrected chi connectivity index (χ0v) is 16.3. The minimum atomic E-state index is -0.226. The number of aliphatic imine (C=N–C) groups is 1. The third-order valence-corrected chi connectivity index (χ3v) is 7.27. The zero-order chi connectivity index (χ0) is 18.9. The van der Waals surface area contributed by atoms with Gasteiger partial charge in [-0.2, -0.15) is 0 Å². The Balaban J connectivity index is 1.61. The van der Waals surface area contributed by atoms with Crippen molar-refractivity contribution in [3.8, 4) is 0 Å². The van der Waals surface area contributed by atoms with Gasteiger partial charge in [0.25, 0.3) is 5.91 Å². The molecule has 2 fully saturated rings. The molecule has 0 spiro atoms. The molecule has 0 aromatic heterocycles. The van der Waals surface area contributed by atoms with Crippen LogP contribution < -0.4 is 11.1 Å². The second-order valence-electron chi connectivity index (χ2n) is 7.84. The number of guanidine groups is 1. The summed E-state index contributed by atoms with van der Waals surface area (Å²) in [6.07, 6.45) is 6.14. The number of rotatable bonds is 2. The molecule has 1 aromatic rings. The van der Waals surface area contributed by atoms with Crippen LogP contribution in [0, 0.1) is 17.2 Å². The van der Waals surface area contributed by atoms with Crippen LogP contribution in [0.1, 0.15) is 42.5 Å². The number of benzene rings is 1. The maximum atomic E-state index is 12.6. The van der Waals surface area contributed by atoms with Crippen LogP contribution in [-0.2, 0) is 0 Å². The van der Waals surface area contributed by atoms with Gasteiger partial charge in [-0.3, -0.25) is 15.2 Å². The molecule has 1 amide bonds. The van der Waals surface area contributed by atoms with Crippen molar-refractivity contribution in [2.75, 3.05) is 18.8 Å². The molecule has 1 aromatic carbocycles. The molecule has 7 heteroatoms. The van der Waals surface area contributed by atoms with Gasteiger partial charge in [0.15, 0.2) is 11.1 Å². The molecule has 1 aliphatic carbocycles. The lowest BCUT2D eigenvalue weighted by Gasteiger charge is -2.43. The van der Waals surface area contributed by atoms with Crippen LogP contribution in [0.4, 0.5) is 0 Å². The van der Waals surface area contributed by atoms with Crippen molar-refractivity contribution in [1.29, 1.82) is 5.41 Å². The molecule has 2 heterocycles. The van der Waals surface area contributed by atoms with Gasteiger partial charge in [-0.25, -0.2) is 0 Å². The number of hydrogen-bond acceptors (Lipinski definition) is 4. The van der Waals surface area contributed by atoms with Crippen molar-refractivity contribution >= 4 is 28.8 Å². The number of nitrogens with one attached hydrogen (secondary N) is 2. The van der Waals surface area contributed by atoms with Gasteiger partial charge in [-0.05, 0) is 30.9 Å². The Hall–Kier alpha value is -2.02. The van der Waals surface area contributed by atoms with E-state index >= 15 is 0 Å². The van der Waals surface area contributed by atoms with E-state index in [1.54, 1.807) is 11.8 Å². The second-order valence-corrected chi connectivity index (χ2v) is 8.85. The average molecular weight is 386 g/mol. The number of likely N-dealkylation sites (tertiary alicyclic amines) is 1. The van der Waals surface area contributed by atoms with Crippen LogP contribution in [0.25, 0.3) is 0 Å². The largest absolute Gasteiger partial charge is 0.370 e. The number of carbonyl (C=O) groups excluding carboxylic acids is 1. The van der Waals surface area contributed by atoms with E-state index in [2.05, 4.69) is 5.32 Å². The third kappa shape index (κ3) is 3.57. The van der Waals surface area contributed by atoms with E-state index in [-0.39, 0.29) is 17.4 Å². The van der Waals surface area contributed by atoms with E-state index in [1.165, 1.54) is 32.1 Å². The molecule has 27 heavy (non-hydrogen) atoms. The van der Waals surface area contributed by atoms with Crippen molar-refractivity contribution in [1.82, 2.24) is 10.2 Å². The Morgan fingerprint density at radius 2 is 1.96 bits per heavy atom. The highest BCUT2D eigenvalue weighted by Gasteiger charge is 2.54. The van der Waals surface area contributed by atoms with Gasteiger partial charge in [0, 0.05) is 30.3 Å². The molecule has 4 N–H and O–H groups in total. The molecule has 144 valence electrons. The van der Waals surface area contributed by atoms with Gasteiger partial charge in [-0.15, -0.1) is 0 Å². The first kappa shape index (κ1) is 18.3. The predicted octanol–water partition coefficient (Wildman–Crippen LogP) is 2.66. The molecule has 6 nitrogen and oxygen atoms in total. The smallest absolute Gasteiger partial charge is 0.257 e. The van der Waals surface area contributed by atoms with Crippen LogP contribution in [0.3, 0.4) is 0 Å². The Morgan fingerprint density at radius 3 is 2.67 bits per heavy atom. The molecule has 1 saturated heterocycles. The predicted molar refractivity (Wildman–Crippen MR) is 110 cm³/mol. The summed E-state index contributed by atoms with van der Waals surface area (Å²) >= 11 is 1.62. The van der Waals surface area contributed by atoms with E-state index in [9.17, 15) is 4.79 Å². The Morgan fingerprint density at radius 1 is 1.22 bits per heavy atom. The summed E-state index contributed by atoms with van der Waals surface area (Å²) in [7, 11) is 0. The molecule has 0 radical (unpaired) electrons. The monoisotopic (exact) mass is 385 g/mol. The lowest BCUT2D eigenvalue weighted by atomic mass is 9.70. The van der Waals surface area contributed by atoms with E-state index in [1.807, 2.05) is 35.2 Å². The van der Waals surface area contributed by atoms with Crippen LogP contribution in [0.5, 0.6) is 0 Å². The number of thioether (sulfide) groups is 1. The average Bonchev–Trinajstić information content (AvgIpc) is 3.10. The van der Waals surface area contributed by atoms with Gasteiger partial charge >= 0.3 is 0 Å². The highest BCUT2D eigenvalue weighted by Crippen LogP contribution is 2.47. The number of nitrogens with zero attached hydrogens (tertiary/aromatic N) is 2. The fraction of sp³-hybridized carbons (Fsp3) is 0.550. The van der Waals surface area contributed by atoms with Gasteiger partial charge in [-0.1, -0.05) is 49.2 Å². The Kier molecular flexibility index (Phi) is 5.12. The molecular weight excluding hydrogens is 358 g/mol. The summed E-state index contributed by atoms with van der Waals surface area (Å²) in [5.74, 6) is 1.82. The lowest BCUT2D eigenvalue weighted by molar-refractivity contribution is 0.0976. The summed E-state index contributed by atoms with van der Waals surface area (Å²) in [5, 5.41) is 11.6. The lowest BCUT2D eigenvalue weighted by Crippen LogP contribution is -2.50. The minimum Gasteiger partial charge on any atom is -0.370 e. The fourth-order valence-electron chi connectivity index (χ4n) is 4.81. The van der Waals surface area contributed by atoms with Crippen molar-refractivity contribution in [3.63, 3.8) is 0 Å². The van der Waals surface area contributed by atoms with Gasteiger partial charge in [0.2, 0.25) is 0 Å². The van der Waals surface area contributed by atoms with E-state index in [0.717, 1.165) is 17.5 Å². The molecule has 2 atom stereocenters. The SMILES string of the molecule is N=C(N)N1C[C@H]2CSC(NC(=O)c3ccccc3)=N[C@@]2(C2CCCCC2)C1. The van der Waals surface area contributed by atoms with E-state index in [4.69, 9.17) is 16.1 Å². The zero-order valence-electron chi connectivity index (χ0n) is 15.5. The van der Waals surface area contributed by atoms with Crippen LogP contribution in [-0.4, -0.2) is 46.3 Å². The standard InChI is InChI=1S/C20H27N5OS/c21-18(22)25-11-16-12-27-19(23-17(26)14-7-3-1-4-8-14)24-20(16,13-25)15-9-5-2-6-10-15/h1,3-4,7-8,15-16H,2,5-6,9-13H2,(H3,21,22)(H,23,24,26)/t16-,20+/m0/s1. The molecule has 0 bridgehead atoms. The normalized spacial score (nSPS) is 28.4. The van der Waals surface area contributed by atoms with Crippen LogP contribution in [0.2, 0.25) is 0 Å². The van der Waals surface area contributed by atoms with Crippen molar-refractivity contribution in [2.45, 2.75) is 37.6 Å². The first-order valence-electron chi connectivity index (χ1n) is 9.76. The molecule has 4 rings (SSSR count). The minimum absolute atomic E-state index is 0.111. The summed E-state index contributed by atoms with van der Waals surface area (Å²) < 4.78 is 0.